The number of carbonyl (C=O) groups is 2. The van der Waals surface area contributed by atoms with Gasteiger partial charge in [-0.2, -0.15) is 0 Å². The fraction of sp³-hybridized carbons (Fsp3) is 0.857. The molecule has 2 aliphatic rings. The van der Waals surface area contributed by atoms with Crippen molar-refractivity contribution < 1.29 is 19.4 Å². The number of ether oxygens (including phenoxy) is 1. The Morgan fingerprint density at radius 3 is 2.80 bits per heavy atom. The summed E-state index contributed by atoms with van der Waals surface area (Å²) in [5, 5.41) is 9.27. The molecule has 6 nitrogen and oxygen atoms in total. The van der Waals surface area contributed by atoms with Crippen LogP contribution < -0.4 is 0 Å². The summed E-state index contributed by atoms with van der Waals surface area (Å²) in [6, 6.07) is 0. The summed E-state index contributed by atoms with van der Waals surface area (Å²) < 4.78 is 4.97. The van der Waals surface area contributed by atoms with E-state index in [1.54, 1.807) is 24.0 Å². The van der Waals surface area contributed by atoms with Crippen molar-refractivity contribution in [2.75, 3.05) is 40.4 Å². The Hall–Kier alpha value is -1.14. The van der Waals surface area contributed by atoms with Gasteiger partial charge in [-0.05, 0) is 18.8 Å². The first-order valence-corrected chi connectivity index (χ1v) is 7.21. The standard InChI is InChI=1S/C14H24N2O4/c1-15(8-10-5-12(17)6-10)14(19)11-7-13(18)16(9-11)3-4-20-2/h10-12,17H,3-9H2,1-2H3. The minimum Gasteiger partial charge on any atom is -0.393 e. The van der Waals surface area contributed by atoms with Crippen LogP contribution in [0.1, 0.15) is 19.3 Å². The van der Waals surface area contributed by atoms with Crippen LogP contribution in [0.3, 0.4) is 0 Å². The fourth-order valence-electron chi connectivity index (χ4n) is 2.99. The normalized spacial score (nSPS) is 29.4. The van der Waals surface area contributed by atoms with E-state index in [0.717, 1.165) is 12.8 Å². The zero-order chi connectivity index (χ0) is 14.7. The van der Waals surface area contributed by atoms with E-state index in [4.69, 9.17) is 4.74 Å². The molecule has 1 aliphatic heterocycles. The average molecular weight is 284 g/mol. The van der Waals surface area contributed by atoms with Gasteiger partial charge < -0.3 is 19.6 Å². The highest BCUT2D eigenvalue weighted by Crippen LogP contribution is 2.28. The van der Waals surface area contributed by atoms with Gasteiger partial charge in [-0.1, -0.05) is 0 Å². The van der Waals surface area contributed by atoms with Gasteiger partial charge in [-0.25, -0.2) is 0 Å². The number of methoxy groups -OCH3 is 1. The predicted octanol–water partition coefficient (Wildman–Crippen LogP) is -0.289. The summed E-state index contributed by atoms with van der Waals surface area (Å²) >= 11 is 0. The number of amides is 2. The maximum atomic E-state index is 12.3. The van der Waals surface area contributed by atoms with Crippen molar-refractivity contribution in [3.05, 3.63) is 0 Å². The Bertz CT molecular complexity index is 368. The summed E-state index contributed by atoms with van der Waals surface area (Å²) in [5.74, 6) is 0.252. The van der Waals surface area contributed by atoms with Crippen LogP contribution in [0.15, 0.2) is 0 Å². The SMILES string of the molecule is COCCN1CC(C(=O)N(C)CC2CC(O)C2)CC1=O. The van der Waals surface area contributed by atoms with E-state index in [1.165, 1.54) is 0 Å². The van der Waals surface area contributed by atoms with E-state index in [1.807, 2.05) is 0 Å². The lowest BCUT2D eigenvalue weighted by Crippen LogP contribution is -2.42. The number of hydrogen-bond acceptors (Lipinski definition) is 4. The van der Waals surface area contributed by atoms with Gasteiger partial charge >= 0.3 is 0 Å². The van der Waals surface area contributed by atoms with Gasteiger partial charge in [0.05, 0.1) is 18.6 Å². The van der Waals surface area contributed by atoms with Crippen molar-refractivity contribution in [3.63, 3.8) is 0 Å². The molecule has 0 aromatic rings. The maximum Gasteiger partial charge on any atom is 0.227 e. The molecular formula is C14H24N2O4. The minimum absolute atomic E-state index is 0.0351. The van der Waals surface area contributed by atoms with Crippen LogP contribution >= 0.6 is 0 Å². The van der Waals surface area contributed by atoms with Crippen LogP contribution in [0.4, 0.5) is 0 Å². The molecule has 2 amide bonds. The molecule has 114 valence electrons. The first kappa shape index (κ1) is 15.3. The molecule has 1 saturated heterocycles. The number of aliphatic hydroxyl groups excluding tert-OH is 1. The quantitative estimate of drug-likeness (QED) is 0.728. The zero-order valence-electron chi connectivity index (χ0n) is 12.2. The Morgan fingerprint density at radius 2 is 2.20 bits per heavy atom. The summed E-state index contributed by atoms with van der Waals surface area (Å²) in [5.41, 5.74) is 0. The molecule has 2 rings (SSSR count). The molecule has 1 saturated carbocycles. The summed E-state index contributed by atoms with van der Waals surface area (Å²) in [6.45, 7) is 2.23. The molecule has 6 heteroatoms. The number of nitrogens with zero attached hydrogens (tertiary/aromatic N) is 2. The molecule has 0 bridgehead atoms. The maximum absolute atomic E-state index is 12.3. The molecule has 0 aromatic heterocycles. The van der Waals surface area contributed by atoms with Gasteiger partial charge in [0.25, 0.3) is 0 Å². The van der Waals surface area contributed by atoms with Crippen LogP contribution in [-0.2, 0) is 14.3 Å². The predicted molar refractivity (Wildman–Crippen MR) is 72.9 cm³/mol. The van der Waals surface area contributed by atoms with Crippen LogP contribution in [0.5, 0.6) is 0 Å². The topological polar surface area (TPSA) is 70.1 Å². The summed E-state index contributed by atoms with van der Waals surface area (Å²) in [4.78, 5) is 27.6. The fourth-order valence-corrected chi connectivity index (χ4v) is 2.99. The lowest BCUT2D eigenvalue weighted by Gasteiger charge is -2.35. The van der Waals surface area contributed by atoms with Gasteiger partial charge in [0.1, 0.15) is 0 Å². The van der Waals surface area contributed by atoms with Gasteiger partial charge in [0.2, 0.25) is 11.8 Å². The molecule has 1 N–H and O–H groups in total. The Balaban J connectivity index is 1.79. The highest BCUT2D eigenvalue weighted by molar-refractivity contribution is 5.89. The Labute approximate surface area is 119 Å². The molecule has 1 heterocycles. The molecule has 1 atom stereocenters. The van der Waals surface area contributed by atoms with Gasteiger partial charge in [-0.15, -0.1) is 0 Å². The number of aliphatic hydroxyl groups is 1. The monoisotopic (exact) mass is 284 g/mol. The number of carbonyl (C=O) groups excluding carboxylic acids is 2. The van der Waals surface area contributed by atoms with Gasteiger partial charge in [0.15, 0.2) is 0 Å². The van der Waals surface area contributed by atoms with E-state index in [0.29, 0.717) is 38.6 Å². The second kappa shape index (κ2) is 6.54. The first-order valence-electron chi connectivity index (χ1n) is 7.21. The van der Waals surface area contributed by atoms with E-state index in [2.05, 4.69) is 0 Å². The molecule has 1 unspecified atom stereocenters. The van der Waals surface area contributed by atoms with Crippen molar-refractivity contribution in [3.8, 4) is 0 Å². The smallest absolute Gasteiger partial charge is 0.227 e. The summed E-state index contributed by atoms with van der Waals surface area (Å²) in [6.07, 6.45) is 1.67. The van der Waals surface area contributed by atoms with E-state index < -0.39 is 0 Å². The van der Waals surface area contributed by atoms with Crippen LogP contribution in [0.2, 0.25) is 0 Å². The minimum atomic E-state index is -0.227. The third-order valence-corrected chi connectivity index (χ3v) is 4.25. The Kier molecular flexibility index (Phi) is 4.99. The van der Waals surface area contributed by atoms with Crippen molar-refractivity contribution in [1.29, 1.82) is 0 Å². The average Bonchev–Trinajstić information content (AvgIpc) is 2.75. The molecular weight excluding hydrogens is 260 g/mol. The van der Waals surface area contributed by atoms with E-state index in [9.17, 15) is 14.7 Å². The van der Waals surface area contributed by atoms with Crippen LogP contribution in [0, 0.1) is 11.8 Å². The van der Waals surface area contributed by atoms with Crippen molar-refractivity contribution in [2.24, 2.45) is 11.8 Å². The van der Waals surface area contributed by atoms with Crippen LogP contribution in [-0.4, -0.2) is 73.2 Å². The largest absolute Gasteiger partial charge is 0.393 e. The Morgan fingerprint density at radius 1 is 1.50 bits per heavy atom. The first-order chi connectivity index (χ1) is 9.51. The number of likely N-dealkylation sites (tertiary alicyclic amines) is 1. The van der Waals surface area contributed by atoms with Crippen molar-refractivity contribution in [1.82, 2.24) is 9.80 Å². The number of rotatable bonds is 6. The molecule has 2 fully saturated rings. The number of hydrogen-bond donors (Lipinski definition) is 1. The highest BCUT2D eigenvalue weighted by Gasteiger charge is 2.37. The highest BCUT2D eigenvalue weighted by atomic mass is 16.5. The molecule has 20 heavy (non-hydrogen) atoms. The third-order valence-electron chi connectivity index (χ3n) is 4.25. The summed E-state index contributed by atoms with van der Waals surface area (Å²) in [7, 11) is 3.39. The van der Waals surface area contributed by atoms with E-state index in [-0.39, 0.29) is 23.8 Å². The van der Waals surface area contributed by atoms with Crippen molar-refractivity contribution >= 4 is 11.8 Å². The van der Waals surface area contributed by atoms with E-state index >= 15 is 0 Å². The second-order valence-electron chi connectivity index (χ2n) is 5.94. The van der Waals surface area contributed by atoms with Crippen LogP contribution in [0.25, 0.3) is 0 Å². The second-order valence-corrected chi connectivity index (χ2v) is 5.94. The van der Waals surface area contributed by atoms with Crippen molar-refractivity contribution in [2.45, 2.75) is 25.4 Å². The van der Waals surface area contributed by atoms with Gasteiger partial charge in [0, 0.05) is 40.2 Å². The molecule has 0 aromatic carbocycles. The lowest BCUT2D eigenvalue weighted by atomic mass is 9.82. The lowest BCUT2D eigenvalue weighted by molar-refractivity contribution is -0.136. The molecule has 0 radical (unpaired) electrons. The van der Waals surface area contributed by atoms with Gasteiger partial charge in [-0.3, -0.25) is 9.59 Å². The third kappa shape index (κ3) is 3.49. The zero-order valence-corrected chi connectivity index (χ0v) is 12.2. The molecule has 1 aliphatic carbocycles. The molecule has 0 spiro atoms.